The number of ether oxygens (including phenoxy) is 1. The Morgan fingerprint density at radius 1 is 1.24 bits per heavy atom. The van der Waals surface area contributed by atoms with Gasteiger partial charge in [-0.2, -0.15) is 0 Å². The molecule has 1 saturated heterocycles. The van der Waals surface area contributed by atoms with Crippen LogP contribution in [0.25, 0.3) is 21.3 Å². The van der Waals surface area contributed by atoms with Gasteiger partial charge in [0.15, 0.2) is 0 Å². The Kier molecular flexibility index (Phi) is 6.35. The molecule has 1 aliphatic carbocycles. The van der Waals surface area contributed by atoms with Crippen molar-refractivity contribution in [3.63, 3.8) is 0 Å². The first-order valence-corrected chi connectivity index (χ1v) is 15.1. The molecular weight excluding hydrogens is 518 g/mol. The molecule has 1 saturated carbocycles. The molecule has 3 heterocycles. The predicted octanol–water partition coefficient (Wildman–Crippen LogP) is 5.12. The number of benzene rings is 2. The highest BCUT2D eigenvalue weighted by Crippen LogP contribution is 2.49. The van der Waals surface area contributed by atoms with Crippen molar-refractivity contribution in [1.82, 2.24) is 15.2 Å². The third-order valence-corrected chi connectivity index (χ3v) is 10.1. The van der Waals surface area contributed by atoms with E-state index in [9.17, 15) is 4.79 Å². The lowest BCUT2D eigenvalue weighted by atomic mass is 9.95. The summed E-state index contributed by atoms with van der Waals surface area (Å²) in [5, 5.41) is 4.48. The van der Waals surface area contributed by atoms with Crippen molar-refractivity contribution in [1.29, 1.82) is 0 Å². The van der Waals surface area contributed by atoms with Gasteiger partial charge in [-0.25, -0.2) is 0 Å². The number of fused-ring (bicyclic) bond motifs is 1. The average molecular weight is 548 g/mol. The van der Waals surface area contributed by atoms with Gasteiger partial charge >= 0.3 is 0 Å². The highest BCUT2D eigenvalue weighted by Gasteiger charge is 2.47. The minimum atomic E-state index is -0.409. The number of rotatable bonds is 7. The molecule has 0 spiro atoms. The van der Waals surface area contributed by atoms with Crippen molar-refractivity contribution in [2.75, 3.05) is 13.6 Å². The van der Waals surface area contributed by atoms with Crippen LogP contribution >= 0.6 is 22.9 Å². The van der Waals surface area contributed by atoms with E-state index in [1.165, 1.54) is 6.42 Å². The minimum Gasteiger partial charge on any atom is -0.494 e. The first-order chi connectivity index (χ1) is 17.8. The largest absolute Gasteiger partial charge is 0.494 e. The molecule has 1 N–H and O–H groups in total. The molecule has 1 amide bonds. The van der Waals surface area contributed by atoms with Crippen LogP contribution in [0.1, 0.15) is 40.7 Å². The van der Waals surface area contributed by atoms with Gasteiger partial charge in [-0.1, -0.05) is 23.7 Å². The van der Waals surface area contributed by atoms with Crippen molar-refractivity contribution < 1.29 is 9.53 Å². The second-order valence-electron chi connectivity index (χ2n) is 10.4. The van der Waals surface area contributed by atoms with Gasteiger partial charge < -0.3 is 15.0 Å². The summed E-state index contributed by atoms with van der Waals surface area (Å²) in [6.07, 6.45) is 4.77. The zero-order chi connectivity index (χ0) is 25.7. The molecule has 2 fully saturated rings. The summed E-state index contributed by atoms with van der Waals surface area (Å²) in [6.45, 7) is 3.11. The van der Waals surface area contributed by atoms with Crippen molar-refractivity contribution in [3.05, 3.63) is 81.8 Å². The fourth-order valence-electron chi connectivity index (χ4n) is 5.40. The van der Waals surface area contributed by atoms with Crippen LogP contribution in [0.2, 0.25) is 4.34 Å². The molecule has 1 aliphatic heterocycles. The summed E-state index contributed by atoms with van der Waals surface area (Å²) >= 11 is 7.79. The van der Waals surface area contributed by atoms with Gasteiger partial charge in [0.25, 0.3) is 5.91 Å². The molecule has 0 bridgehead atoms. The van der Waals surface area contributed by atoms with Gasteiger partial charge in [-0.3, -0.25) is 9.78 Å². The number of halogens is 1. The molecule has 5 nitrogen and oxygen atoms in total. The number of nitrogens with zero attached hydrogens (tertiary/aromatic N) is 2. The molecule has 0 radical (unpaired) electrons. The van der Waals surface area contributed by atoms with Crippen LogP contribution in [0.15, 0.2) is 60.8 Å². The molecule has 8 heteroatoms. The van der Waals surface area contributed by atoms with Crippen LogP contribution in [0.3, 0.4) is 0 Å². The molecule has 1 unspecified atom stereocenters. The second kappa shape index (κ2) is 9.55. The maximum Gasteiger partial charge on any atom is 0.252 e. The maximum atomic E-state index is 13.7. The Labute approximate surface area is 229 Å². The highest BCUT2D eigenvalue weighted by atomic mass is 35.5. The topological polar surface area (TPSA) is 54.5 Å². The number of likely N-dealkylation sites (tertiary alicyclic amines) is 1. The Hall–Kier alpha value is -2.71. The van der Waals surface area contributed by atoms with Crippen LogP contribution in [0.5, 0.6) is 5.75 Å². The van der Waals surface area contributed by atoms with Gasteiger partial charge in [0.1, 0.15) is 5.75 Å². The maximum absolute atomic E-state index is 13.7. The molecule has 2 aromatic carbocycles. The first-order valence-electron chi connectivity index (χ1n) is 12.8. The summed E-state index contributed by atoms with van der Waals surface area (Å²) in [5.41, 5.74) is 4.52. The standard InChI is InChI=1S/C29H30ClN3O2SSi/c1-17-5-6-19(35-28(37)24-9-13-33(24)2)16-21(17)27(34)32-29(10-11-29)22-14-18(25-7-8-26(30)36-25)15-23-20(22)4-3-12-31-23/h3-8,12,14-16,24,28H,9-11,13H2,1-2,37H3,(H,32,34)/t24-,28?/m0/s1. The van der Waals surface area contributed by atoms with Gasteiger partial charge in [-0.05, 0) is 98.9 Å². The van der Waals surface area contributed by atoms with E-state index >= 15 is 0 Å². The predicted molar refractivity (Wildman–Crippen MR) is 155 cm³/mol. The zero-order valence-corrected chi connectivity index (χ0v) is 24.8. The fraction of sp³-hybridized carbons (Fsp3) is 0.310. The number of hydrogen-bond acceptors (Lipinski definition) is 5. The summed E-state index contributed by atoms with van der Waals surface area (Å²) in [4.78, 5) is 21.8. The number of aromatic nitrogens is 1. The Morgan fingerprint density at radius 2 is 2.08 bits per heavy atom. The molecule has 37 heavy (non-hydrogen) atoms. The van der Waals surface area contributed by atoms with E-state index in [-0.39, 0.29) is 11.6 Å². The summed E-state index contributed by atoms with van der Waals surface area (Å²) in [6, 6.07) is 18.7. The third kappa shape index (κ3) is 4.70. The average Bonchev–Trinajstić information content (AvgIpc) is 3.52. The highest BCUT2D eigenvalue weighted by molar-refractivity contribution is 7.19. The number of likely N-dealkylation sites (N-methyl/N-ethyl adjacent to an activating group) is 1. The minimum absolute atomic E-state index is 0.0623. The van der Waals surface area contributed by atoms with Crippen molar-refractivity contribution in [2.24, 2.45) is 0 Å². The Balaban J connectivity index is 1.30. The van der Waals surface area contributed by atoms with Crippen LogP contribution < -0.4 is 10.1 Å². The van der Waals surface area contributed by atoms with E-state index in [1.807, 2.05) is 49.5 Å². The molecule has 2 aromatic heterocycles. The van der Waals surface area contributed by atoms with E-state index in [0.29, 0.717) is 11.6 Å². The summed E-state index contributed by atoms with van der Waals surface area (Å²) in [5.74, 6) is 0.708. The SMILES string of the molecule is Cc1ccc(OC([SiH3])[C@@H]2CCN2C)cc1C(=O)NC1(c2cc(-c3ccc(Cl)s3)cc3ncccc23)CC1. The van der Waals surface area contributed by atoms with E-state index < -0.39 is 5.54 Å². The number of nitrogens with one attached hydrogen (secondary N) is 1. The lowest BCUT2D eigenvalue weighted by molar-refractivity contribution is 0.0562. The normalized spacial score (nSPS) is 19.4. The monoisotopic (exact) mass is 547 g/mol. The van der Waals surface area contributed by atoms with E-state index in [2.05, 4.69) is 40.4 Å². The van der Waals surface area contributed by atoms with E-state index in [0.717, 1.165) is 72.2 Å². The number of carbonyl (C=O) groups excluding carboxylic acids is 1. The van der Waals surface area contributed by atoms with Crippen LogP contribution in [-0.4, -0.2) is 51.4 Å². The zero-order valence-electron chi connectivity index (χ0n) is 21.3. The Bertz CT molecular complexity index is 1500. The first kappa shape index (κ1) is 24.6. The smallest absolute Gasteiger partial charge is 0.252 e. The van der Waals surface area contributed by atoms with E-state index in [4.69, 9.17) is 16.3 Å². The lowest BCUT2D eigenvalue weighted by Gasteiger charge is -2.41. The second-order valence-corrected chi connectivity index (χ2v) is 13.2. The number of aryl methyl sites for hydroxylation is 1. The van der Waals surface area contributed by atoms with Crippen molar-refractivity contribution >= 4 is 50.0 Å². The van der Waals surface area contributed by atoms with Crippen molar-refractivity contribution in [2.45, 2.75) is 43.5 Å². The van der Waals surface area contributed by atoms with Crippen molar-refractivity contribution in [3.8, 4) is 16.2 Å². The van der Waals surface area contributed by atoms with E-state index in [1.54, 1.807) is 11.3 Å². The number of carbonyl (C=O) groups is 1. The van der Waals surface area contributed by atoms with Gasteiger partial charge in [0, 0.05) is 28.1 Å². The van der Waals surface area contributed by atoms with Crippen LogP contribution in [-0.2, 0) is 5.54 Å². The fourth-order valence-corrected chi connectivity index (χ4v) is 7.55. The van der Waals surface area contributed by atoms with Gasteiger partial charge in [-0.15, -0.1) is 11.3 Å². The number of amides is 1. The molecule has 190 valence electrons. The number of hydrogen-bond donors (Lipinski definition) is 1. The van der Waals surface area contributed by atoms with Gasteiger partial charge in [0.05, 0.1) is 31.4 Å². The molecule has 2 aliphatic rings. The summed E-state index contributed by atoms with van der Waals surface area (Å²) < 4.78 is 7.07. The quantitative estimate of drug-likeness (QED) is 0.326. The number of pyridine rings is 1. The molecule has 2 atom stereocenters. The Morgan fingerprint density at radius 3 is 2.76 bits per heavy atom. The molecule has 6 rings (SSSR count). The van der Waals surface area contributed by atoms with Gasteiger partial charge in [0.2, 0.25) is 0 Å². The molecular formula is C29H30ClN3O2SSi. The third-order valence-electron chi connectivity index (χ3n) is 7.86. The number of thiophene rings is 1. The summed E-state index contributed by atoms with van der Waals surface area (Å²) in [7, 11) is 3.09. The van der Waals surface area contributed by atoms with Crippen LogP contribution in [0, 0.1) is 6.92 Å². The lowest BCUT2D eigenvalue weighted by Crippen LogP contribution is -2.53. The molecule has 4 aromatic rings. The van der Waals surface area contributed by atoms with Crippen LogP contribution in [0.4, 0.5) is 0 Å².